The molecule has 0 aliphatic heterocycles. The van der Waals surface area contributed by atoms with Crippen molar-refractivity contribution in [2.24, 2.45) is 5.92 Å². The quantitative estimate of drug-likeness (QED) is 0.782. The van der Waals surface area contributed by atoms with Crippen LogP contribution in [0.2, 0.25) is 0 Å². The van der Waals surface area contributed by atoms with Crippen molar-refractivity contribution in [1.82, 2.24) is 10.3 Å². The smallest absolute Gasteiger partial charge is 0.260 e. The predicted molar refractivity (Wildman–Crippen MR) is 90.8 cm³/mol. The van der Waals surface area contributed by atoms with Gasteiger partial charge in [-0.3, -0.25) is 0 Å². The number of hydrogen-bond acceptors (Lipinski definition) is 4. The van der Waals surface area contributed by atoms with Gasteiger partial charge in [0.2, 0.25) is 0 Å². The van der Waals surface area contributed by atoms with Crippen molar-refractivity contribution in [1.29, 1.82) is 0 Å². The van der Waals surface area contributed by atoms with Crippen molar-refractivity contribution in [2.75, 3.05) is 6.54 Å². The largest absolute Gasteiger partial charge is 0.436 e. The summed E-state index contributed by atoms with van der Waals surface area (Å²) in [7, 11) is 0. The standard InChI is InChI=1S/C16H21BrN2OS/c1-10(2)8-18-9-13-5-6-14(7-15(13)17)21-16-19-11(3)12(4)20-16/h5-7,10,18H,8-9H2,1-4H3. The summed E-state index contributed by atoms with van der Waals surface area (Å²) in [6.45, 7) is 10.2. The van der Waals surface area contributed by atoms with Crippen molar-refractivity contribution in [2.45, 2.75) is 44.4 Å². The molecule has 0 saturated carbocycles. The molecule has 0 amide bonds. The lowest BCUT2D eigenvalue weighted by Gasteiger charge is -2.09. The number of aryl methyl sites for hydroxylation is 2. The van der Waals surface area contributed by atoms with Gasteiger partial charge in [-0.25, -0.2) is 4.98 Å². The highest BCUT2D eigenvalue weighted by atomic mass is 79.9. The molecular formula is C16H21BrN2OS. The Morgan fingerprint density at radius 2 is 2.10 bits per heavy atom. The first kappa shape index (κ1) is 16.6. The van der Waals surface area contributed by atoms with Crippen LogP contribution in [0.5, 0.6) is 0 Å². The third-order valence-electron chi connectivity index (χ3n) is 3.11. The van der Waals surface area contributed by atoms with Crippen LogP contribution in [0.1, 0.15) is 30.9 Å². The van der Waals surface area contributed by atoms with Gasteiger partial charge >= 0.3 is 0 Å². The van der Waals surface area contributed by atoms with E-state index in [1.807, 2.05) is 13.8 Å². The molecule has 0 radical (unpaired) electrons. The number of nitrogens with zero attached hydrogens (tertiary/aromatic N) is 1. The molecule has 2 rings (SSSR count). The topological polar surface area (TPSA) is 38.1 Å². The number of aromatic nitrogens is 1. The van der Waals surface area contributed by atoms with Crippen LogP contribution in [0.3, 0.4) is 0 Å². The Kier molecular flexibility index (Phi) is 5.90. The van der Waals surface area contributed by atoms with Crippen molar-refractivity contribution in [3.63, 3.8) is 0 Å². The number of nitrogens with one attached hydrogen (secondary N) is 1. The minimum absolute atomic E-state index is 0.662. The summed E-state index contributed by atoms with van der Waals surface area (Å²) < 4.78 is 6.72. The molecule has 0 unspecified atom stereocenters. The SMILES string of the molecule is Cc1nc(Sc2ccc(CNCC(C)C)c(Br)c2)oc1C. The van der Waals surface area contributed by atoms with Crippen molar-refractivity contribution in [3.05, 3.63) is 39.7 Å². The highest BCUT2D eigenvalue weighted by Gasteiger charge is 2.09. The van der Waals surface area contributed by atoms with Crippen LogP contribution in [0, 0.1) is 19.8 Å². The summed E-state index contributed by atoms with van der Waals surface area (Å²) in [6, 6.07) is 6.37. The predicted octanol–water partition coefficient (Wildman–Crippen LogP) is 4.95. The molecule has 0 bridgehead atoms. The summed E-state index contributed by atoms with van der Waals surface area (Å²) >= 11 is 5.19. The molecule has 1 aromatic heterocycles. The zero-order chi connectivity index (χ0) is 15.4. The molecule has 0 atom stereocenters. The third-order valence-corrected chi connectivity index (χ3v) is 4.68. The molecule has 0 saturated heterocycles. The minimum atomic E-state index is 0.662. The summed E-state index contributed by atoms with van der Waals surface area (Å²) in [5.41, 5.74) is 2.21. The number of oxazole rings is 1. The Hall–Kier alpha value is -0.780. The number of hydrogen-bond donors (Lipinski definition) is 1. The maximum Gasteiger partial charge on any atom is 0.260 e. The second-order valence-corrected chi connectivity index (χ2v) is 7.38. The van der Waals surface area contributed by atoms with Gasteiger partial charge in [0.1, 0.15) is 5.76 Å². The fourth-order valence-electron chi connectivity index (χ4n) is 1.82. The molecule has 0 aliphatic carbocycles. The van der Waals surface area contributed by atoms with Gasteiger partial charge in [0.15, 0.2) is 0 Å². The Morgan fingerprint density at radius 1 is 1.33 bits per heavy atom. The Bertz CT molecular complexity index is 591. The number of halogens is 1. The van der Waals surface area contributed by atoms with E-state index in [9.17, 15) is 0 Å². The zero-order valence-electron chi connectivity index (χ0n) is 12.9. The molecule has 0 spiro atoms. The molecule has 0 aliphatic rings. The van der Waals surface area contributed by atoms with Crippen LogP contribution in [-0.4, -0.2) is 11.5 Å². The molecule has 0 fully saturated rings. The average molecular weight is 369 g/mol. The van der Waals surface area contributed by atoms with Crippen LogP contribution < -0.4 is 5.32 Å². The Morgan fingerprint density at radius 3 is 2.67 bits per heavy atom. The maximum atomic E-state index is 5.60. The fraction of sp³-hybridized carbons (Fsp3) is 0.438. The second kappa shape index (κ2) is 7.47. The van der Waals surface area contributed by atoms with Crippen molar-refractivity contribution < 1.29 is 4.42 Å². The van der Waals surface area contributed by atoms with E-state index in [-0.39, 0.29) is 0 Å². The van der Waals surface area contributed by atoms with E-state index in [1.165, 1.54) is 5.56 Å². The molecule has 1 N–H and O–H groups in total. The molecule has 2 aromatic rings. The lowest BCUT2D eigenvalue weighted by molar-refractivity contribution is 0.431. The summed E-state index contributed by atoms with van der Waals surface area (Å²) in [5.74, 6) is 1.54. The molecule has 1 aromatic carbocycles. The monoisotopic (exact) mass is 368 g/mol. The van der Waals surface area contributed by atoms with Crippen molar-refractivity contribution >= 4 is 27.7 Å². The van der Waals surface area contributed by atoms with Crippen LogP contribution >= 0.6 is 27.7 Å². The van der Waals surface area contributed by atoms with Crippen LogP contribution in [0.15, 0.2) is 37.2 Å². The van der Waals surface area contributed by atoms with Gasteiger partial charge in [-0.15, -0.1) is 0 Å². The van der Waals surface area contributed by atoms with Gasteiger partial charge < -0.3 is 9.73 Å². The van der Waals surface area contributed by atoms with Crippen LogP contribution in [0.25, 0.3) is 0 Å². The average Bonchev–Trinajstić information content (AvgIpc) is 2.70. The van der Waals surface area contributed by atoms with Crippen molar-refractivity contribution in [3.8, 4) is 0 Å². The molecule has 1 heterocycles. The first-order valence-corrected chi connectivity index (χ1v) is 8.67. The molecule has 3 nitrogen and oxygen atoms in total. The van der Waals surface area contributed by atoms with E-state index in [1.54, 1.807) is 11.8 Å². The maximum absolute atomic E-state index is 5.60. The van der Waals surface area contributed by atoms with Gasteiger partial charge in [0, 0.05) is 15.9 Å². The Balaban J connectivity index is 2.01. The highest BCUT2D eigenvalue weighted by molar-refractivity contribution is 9.10. The number of rotatable bonds is 6. The first-order valence-electron chi connectivity index (χ1n) is 7.06. The molecule has 5 heteroatoms. The second-order valence-electron chi connectivity index (χ2n) is 5.50. The van der Waals surface area contributed by atoms with E-state index in [4.69, 9.17) is 4.42 Å². The normalized spacial score (nSPS) is 11.3. The van der Waals surface area contributed by atoms with Crippen LogP contribution in [0.4, 0.5) is 0 Å². The fourth-order valence-corrected chi connectivity index (χ4v) is 3.35. The van der Waals surface area contributed by atoms with E-state index < -0.39 is 0 Å². The van der Waals surface area contributed by atoms with Gasteiger partial charge in [0.05, 0.1) is 5.69 Å². The molecular weight excluding hydrogens is 348 g/mol. The van der Waals surface area contributed by atoms with Gasteiger partial charge in [-0.1, -0.05) is 35.8 Å². The third kappa shape index (κ3) is 4.87. The minimum Gasteiger partial charge on any atom is -0.436 e. The van der Waals surface area contributed by atoms with E-state index in [2.05, 4.69) is 58.3 Å². The van der Waals surface area contributed by atoms with Gasteiger partial charge in [-0.05, 0) is 55.8 Å². The van der Waals surface area contributed by atoms with Gasteiger partial charge in [-0.2, -0.15) is 0 Å². The Labute approximate surface area is 139 Å². The first-order chi connectivity index (χ1) is 9.95. The summed E-state index contributed by atoms with van der Waals surface area (Å²) in [6.07, 6.45) is 0. The van der Waals surface area contributed by atoms with E-state index in [0.29, 0.717) is 11.1 Å². The van der Waals surface area contributed by atoms with Gasteiger partial charge in [0.25, 0.3) is 5.22 Å². The zero-order valence-corrected chi connectivity index (χ0v) is 15.3. The van der Waals surface area contributed by atoms with E-state index >= 15 is 0 Å². The summed E-state index contributed by atoms with van der Waals surface area (Å²) in [5, 5.41) is 4.15. The molecule has 21 heavy (non-hydrogen) atoms. The number of benzene rings is 1. The van der Waals surface area contributed by atoms with Crippen LogP contribution in [-0.2, 0) is 6.54 Å². The summed E-state index contributed by atoms with van der Waals surface area (Å²) in [4.78, 5) is 5.52. The lowest BCUT2D eigenvalue weighted by atomic mass is 10.2. The molecule has 114 valence electrons. The highest BCUT2D eigenvalue weighted by Crippen LogP contribution is 2.31. The lowest BCUT2D eigenvalue weighted by Crippen LogP contribution is -2.19. The van der Waals surface area contributed by atoms with E-state index in [0.717, 1.165) is 33.9 Å².